The molecule has 0 aromatic carbocycles. The van der Waals surface area contributed by atoms with Crippen LogP contribution in [0.4, 0.5) is 0 Å². The van der Waals surface area contributed by atoms with Crippen molar-refractivity contribution in [3.8, 4) is 0 Å². The van der Waals surface area contributed by atoms with Crippen molar-refractivity contribution < 1.29 is 29.7 Å². The molecule has 0 fully saturated rings. The van der Waals surface area contributed by atoms with Crippen LogP contribution in [0.25, 0.3) is 0 Å². The first-order valence-electron chi connectivity index (χ1n) is 2.98. The number of aliphatic carboxylic acids is 3. The molecule has 12 heavy (non-hydrogen) atoms. The summed E-state index contributed by atoms with van der Waals surface area (Å²) in [5, 5.41) is 22.8. The molecule has 0 amide bonds. The predicted octanol–water partition coefficient (Wildman–Crippen LogP) is -0.117. The first-order valence-corrected chi connectivity index (χ1v) is 2.98. The van der Waals surface area contributed by atoms with Gasteiger partial charge >= 0.3 is 17.9 Å². The highest BCUT2D eigenvalue weighted by atomic mass is 16.4. The molecule has 3 N–H and O–H groups in total. The second-order valence-electron chi connectivity index (χ2n) is 2.10. The second kappa shape index (κ2) is 6.14. The molecule has 0 aliphatic rings. The van der Waals surface area contributed by atoms with E-state index in [4.69, 9.17) is 24.9 Å². The lowest BCUT2D eigenvalue weighted by Crippen LogP contribution is -2.09. The third kappa shape index (κ3) is 11.2. The highest BCUT2D eigenvalue weighted by Gasteiger charge is 2.04. The Labute approximate surface area is 68.4 Å². The number of hydrogen-bond acceptors (Lipinski definition) is 3. The lowest BCUT2D eigenvalue weighted by Gasteiger charge is -1.89. The van der Waals surface area contributed by atoms with E-state index < -0.39 is 17.9 Å². The summed E-state index contributed by atoms with van der Waals surface area (Å²) in [6.45, 7) is 3.28. The fourth-order valence-corrected chi connectivity index (χ4v) is 0. The van der Waals surface area contributed by atoms with Crippen LogP contribution < -0.4 is 0 Å². The Balaban J connectivity index is 0. The molecule has 0 radical (unpaired) electrons. The molecular weight excluding hydrogens is 168 g/mol. The SMILES string of the molecule is CC(C)C(=O)O.O=C(O)C(=O)O. The molecule has 0 heterocycles. The maximum atomic E-state index is 9.70. The van der Waals surface area contributed by atoms with E-state index in [9.17, 15) is 4.79 Å². The third-order valence-electron chi connectivity index (χ3n) is 0.677. The summed E-state index contributed by atoms with van der Waals surface area (Å²) in [6, 6.07) is 0. The average Bonchev–Trinajstić information content (AvgIpc) is 1.88. The van der Waals surface area contributed by atoms with E-state index in [2.05, 4.69) is 0 Å². The fourth-order valence-electron chi connectivity index (χ4n) is 0. The summed E-state index contributed by atoms with van der Waals surface area (Å²) in [7, 11) is 0. The van der Waals surface area contributed by atoms with Crippen LogP contribution in [-0.2, 0) is 14.4 Å². The van der Waals surface area contributed by atoms with Crippen molar-refractivity contribution in [1.29, 1.82) is 0 Å². The van der Waals surface area contributed by atoms with E-state index in [1.54, 1.807) is 13.8 Å². The zero-order valence-corrected chi connectivity index (χ0v) is 6.64. The number of carbonyl (C=O) groups is 3. The summed E-state index contributed by atoms with van der Waals surface area (Å²) < 4.78 is 0. The fraction of sp³-hybridized carbons (Fsp3) is 0.500. The minimum absolute atomic E-state index is 0.231. The maximum absolute atomic E-state index is 9.70. The van der Waals surface area contributed by atoms with Crippen LogP contribution in [0.5, 0.6) is 0 Å². The standard InChI is InChI=1S/C4H8O2.C2H2O4/c1-3(2)4(5)6;3-1(4)2(5)6/h3H,1-2H3,(H,5,6);(H,3,4)(H,5,6). The van der Waals surface area contributed by atoms with E-state index in [1.165, 1.54) is 0 Å². The minimum atomic E-state index is -1.82. The lowest BCUT2D eigenvalue weighted by atomic mass is 10.2. The Morgan fingerprint density at radius 1 is 0.917 bits per heavy atom. The summed E-state index contributed by atoms with van der Waals surface area (Å²) in [5.41, 5.74) is 0. The molecule has 0 aliphatic heterocycles. The van der Waals surface area contributed by atoms with Gasteiger partial charge in [0.25, 0.3) is 0 Å². The molecule has 0 rings (SSSR count). The number of carboxylic acid groups (broad SMARTS) is 3. The molecule has 0 aliphatic carbocycles. The molecule has 0 bridgehead atoms. The number of rotatable bonds is 1. The predicted molar refractivity (Wildman–Crippen MR) is 37.7 cm³/mol. The minimum Gasteiger partial charge on any atom is -0.481 e. The van der Waals surface area contributed by atoms with Crippen LogP contribution in [0.15, 0.2) is 0 Å². The number of carboxylic acids is 3. The second-order valence-corrected chi connectivity index (χ2v) is 2.10. The molecule has 0 aromatic rings. The van der Waals surface area contributed by atoms with Gasteiger partial charge in [-0.05, 0) is 0 Å². The molecular formula is C6H10O6. The zero-order valence-electron chi connectivity index (χ0n) is 6.64. The highest BCUT2D eigenvalue weighted by Crippen LogP contribution is 1.87. The van der Waals surface area contributed by atoms with Crippen LogP contribution in [0, 0.1) is 5.92 Å². The Morgan fingerprint density at radius 2 is 1.08 bits per heavy atom. The zero-order chi connectivity index (χ0) is 10.3. The molecule has 6 nitrogen and oxygen atoms in total. The van der Waals surface area contributed by atoms with Crippen molar-refractivity contribution in [3.63, 3.8) is 0 Å². The van der Waals surface area contributed by atoms with Gasteiger partial charge in [0.1, 0.15) is 0 Å². The summed E-state index contributed by atoms with van der Waals surface area (Å²) in [5.74, 6) is -4.62. The Hall–Kier alpha value is -1.59. The molecule has 0 atom stereocenters. The van der Waals surface area contributed by atoms with Gasteiger partial charge in [0.2, 0.25) is 0 Å². The first kappa shape index (κ1) is 13.0. The summed E-state index contributed by atoms with van der Waals surface area (Å²) >= 11 is 0. The molecule has 0 saturated heterocycles. The summed E-state index contributed by atoms with van der Waals surface area (Å²) in [6.07, 6.45) is 0. The Bertz CT molecular complexity index is 170. The highest BCUT2D eigenvalue weighted by molar-refractivity contribution is 6.27. The normalized spacial score (nSPS) is 8.25. The van der Waals surface area contributed by atoms with Gasteiger partial charge in [-0.15, -0.1) is 0 Å². The van der Waals surface area contributed by atoms with E-state index >= 15 is 0 Å². The maximum Gasteiger partial charge on any atom is 0.414 e. The van der Waals surface area contributed by atoms with E-state index in [-0.39, 0.29) is 5.92 Å². The van der Waals surface area contributed by atoms with Crippen molar-refractivity contribution in [2.24, 2.45) is 5.92 Å². The first-order chi connectivity index (χ1) is 5.29. The Morgan fingerprint density at radius 3 is 1.08 bits per heavy atom. The van der Waals surface area contributed by atoms with Crippen LogP contribution in [0.1, 0.15) is 13.8 Å². The van der Waals surface area contributed by atoms with Gasteiger partial charge in [0.05, 0.1) is 5.92 Å². The van der Waals surface area contributed by atoms with Gasteiger partial charge in [-0.25, -0.2) is 9.59 Å². The van der Waals surface area contributed by atoms with Gasteiger partial charge in [0.15, 0.2) is 0 Å². The van der Waals surface area contributed by atoms with Crippen molar-refractivity contribution in [2.75, 3.05) is 0 Å². The average molecular weight is 178 g/mol. The third-order valence-corrected chi connectivity index (χ3v) is 0.677. The van der Waals surface area contributed by atoms with Gasteiger partial charge in [-0.1, -0.05) is 13.8 Å². The van der Waals surface area contributed by atoms with Gasteiger partial charge in [-0.2, -0.15) is 0 Å². The number of hydrogen-bond donors (Lipinski definition) is 3. The molecule has 6 heteroatoms. The van der Waals surface area contributed by atoms with Crippen LogP contribution in [0.3, 0.4) is 0 Å². The van der Waals surface area contributed by atoms with Gasteiger partial charge < -0.3 is 15.3 Å². The van der Waals surface area contributed by atoms with Gasteiger partial charge in [0, 0.05) is 0 Å². The van der Waals surface area contributed by atoms with Crippen molar-refractivity contribution >= 4 is 17.9 Å². The van der Waals surface area contributed by atoms with E-state index in [0.29, 0.717) is 0 Å². The lowest BCUT2D eigenvalue weighted by molar-refractivity contribution is -0.159. The summed E-state index contributed by atoms with van der Waals surface area (Å²) in [4.78, 5) is 27.9. The van der Waals surface area contributed by atoms with Crippen LogP contribution in [0.2, 0.25) is 0 Å². The molecule has 70 valence electrons. The molecule has 0 saturated carbocycles. The van der Waals surface area contributed by atoms with Crippen molar-refractivity contribution in [1.82, 2.24) is 0 Å². The van der Waals surface area contributed by atoms with Crippen LogP contribution >= 0.6 is 0 Å². The smallest absolute Gasteiger partial charge is 0.414 e. The van der Waals surface area contributed by atoms with E-state index in [1.807, 2.05) is 0 Å². The quantitative estimate of drug-likeness (QED) is 0.482. The molecule has 0 aromatic heterocycles. The molecule has 0 unspecified atom stereocenters. The Kier molecular flexibility index (Phi) is 6.67. The van der Waals surface area contributed by atoms with Crippen LogP contribution in [-0.4, -0.2) is 33.2 Å². The molecule has 0 spiro atoms. The largest absolute Gasteiger partial charge is 0.481 e. The van der Waals surface area contributed by atoms with Crippen molar-refractivity contribution in [3.05, 3.63) is 0 Å². The topological polar surface area (TPSA) is 112 Å². The van der Waals surface area contributed by atoms with Crippen molar-refractivity contribution in [2.45, 2.75) is 13.8 Å². The van der Waals surface area contributed by atoms with Gasteiger partial charge in [-0.3, -0.25) is 4.79 Å². The van der Waals surface area contributed by atoms with E-state index in [0.717, 1.165) is 0 Å². The monoisotopic (exact) mass is 178 g/mol.